The van der Waals surface area contributed by atoms with Gasteiger partial charge in [0.05, 0.1) is 15.5 Å². The Hall–Kier alpha value is -3.23. The zero-order chi connectivity index (χ0) is 23.2. The van der Waals surface area contributed by atoms with Crippen molar-refractivity contribution < 1.29 is 27.1 Å². The zero-order valence-corrected chi connectivity index (χ0v) is 18.8. The molecule has 0 aliphatic carbocycles. The summed E-state index contributed by atoms with van der Waals surface area (Å²) in [6.45, 7) is 4.85. The molecule has 32 heavy (non-hydrogen) atoms. The first-order valence-corrected chi connectivity index (χ1v) is 11.8. The number of hydrogen-bond donors (Lipinski definition) is 1. The van der Waals surface area contributed by atoms with Gasteiger partial charge in [-0.2, -0.15) is 4.58 Å². The molecule has 168 valence electrons. The van der Waals surface area contributed by atoms with Crippen LogP contribution in [0.25, 0.3) is 0 Å². The SMILES string of the molecule is CC1(C)C(/C=C/C=C/Nc2ccccc2)=[N+](CCCS(=O)(=O)[O-])c2ccc(OC=O)cc21. The molecule has 0 saturated heterocycles. The minimum atomic E-state index is -4.29. The first kappa shape index (κ1) is 23.4. The number of carbonyl (C=O) groups is 1. The maximum atomic E-state index is 11.1. The van der Waals surface area contributed by atoms with E-state index in [0.29, 0.717) is 18.8 Å². The molecule has 0 bridgehead atoms. The van der Waals surface area contributed by atoms with Crippen LogP contribution in [-0.2, 0) is 20.3 Å². The van der Waals surface area contributed by atoms with Gasteiger partial charge >= 0.3 is 0 Å². The van der Waals surface area contributed by atoms with Gasteiger partial charge in [0.15, 0.2) is 5.71 Å². The maximum Gasteiger partial charge on any atom is 0.298 e. The number of nitrogens with one attached hydrogen (secondary N) is 1. The summed E-state index contributed by atoms with van der Waals surface area (Å²) in [5, 5.41) is 3.19. The van der Waals surface area contributed by atoms with Crippen LogP contribution in [-0.4, -0.2) is 42.0 Å². The fourth-order valence-corrected chi connectivity index (χ4v) is 4.29. The highest BCUT2D eigenvalue weighted by Crippen LogP contribution is 2.41. The molecule has 0 radical (unpaired) electrons. The van der Waals surface area contributed by atoms with Gasteiger partial charge in [-0.05, 0) is 44.2 Å². The molecule has 7 nitrogen and oxygen atoms in total. The van der Waals surface area contributed by atoms with Crippen LogP contribution in [0.4, 0.5) is 11.4 Å². The van der Waals surface area contributed by atoms with Crippen LogP contribution in [0.1, 0.15) is 25.8 Å². The highest BCUT2D eigenvalue weighted by molar-refractivity contribution is 7.85. The van der Waals surface area contributed by atoms with Gasteiger partial charge < -0.3 is 14.6 Å². The zero-order valence-electron chi connectivity index (χ0n) is 18.0. The molecule has 2 aromatic carbocycles. The highest BCUT2D eigenvalue weighted by Gasteiger charge is 2.44. The van der Waals surface area contributed by atoms with E-state index >= 15 is 0 Å². The van der Waals surface area contributed by atoms with Crippen LogP contribution < -0.4 is 10.1 Å². The molecule has 0 saturated carbocycles. The van der Waals surface area contributed by atoms with E-state index in [4.69, 9.17) is 4.74 Å². The van der Waals surface area contributed by atoms with Crippen molar-refractivity contribution in [3.8, 4) is 5.75 Å². The molecule has 3 rings (SSSR count). The topological polar surface area (TPSA) is 98.5 Å². The number of nitrogens with zero attached hydrogens (tertiary/aromatic N) is 1. The second kappa shape index (κ2) is 9.93. The fourth-order valence-electron chi connectivity index (χ4n) is 3.80. The molecule has 0 spiro atoms. The molecular formula is C24H26N2O5S. The number of allylic oxidation sites excluding steroid dienone is 3. The summed E-state index contributed by atoms with van der Waals surface area (Å²) < 4.78 is 40.3. The Balaban J connectivity index is 1.88. The number of rotatable bonds is 10. The number of fused-ring (bicyclic) bond motifs is 1. The Morgan fingerprint density at radius 1 is 1.12 bits per heavy atom. The molecule has 8 heteroatoms. The van der Waals surface area contributed by atoms with Crippen LogP contribution in [0.2, 0.25) is 0 Å². The van der Waals surface area contributed by atoms with Crippen molar-refractivity contribution in [3.63, 3.8) is 0 Å². The van der Waals surface area contributed by atoms with Crippen LogP contribution in [0.3, 0.4) is 0 Å². The monoisotopic (exact) mass is 454 g/mol. The van der Waals surface area contributed by atoms with E-state index in [1.54, 1.807) is 6.07 Å². The quantitative estimate of drug-likeness (QED) is 0.254. The van der Waals surface area contributed by atoms with Gasteiger partial charge in [0.25, 0.3) is 6.47 Å². The van der Waals surface area contributed by atoms with Crippen molar-refractivity contribution in [1.29, 1.82) is 0 Å². The Kier molecular flexibility index (Phi) is 7.27. The fraction of sp³-hybridized carbons (Fsp3) is 0.250. The highest BCUT2D eigenvalue weighted by atomic mass is 32.2. The third kappa shape index (κ3) is 5.72. The average Bonchev–Trinajstić information content (AvgIpc) is 2.94. The molecule has 1 heterocycles. The van der Waals surface area contributed by atoms with Crippen LogP contribution in [0.15, 0.2) is 73.0 Å². The van der Waals surface area contributed by atoms with E-state index in [-0.39, 0.29) is 6.42 Å². The van der Waals surface area contributed by atoms with E-state index in [1.165, 1.54) is 0 Å². The number of benzene rings is 2. The molecule has 0 unspecified atom stereocenters. The summed E-state index contributed by atoms with van der Waals surface area (Å²) in [5.41, 5.74) is 3.34. The summed E-state index contributed by atoms with van der Waals surface area (Å²) in [6.07, 6.45) is 7.77. The molecule has 1 N–H and O–H groups in total. The van der Waals surface area contributed by atoms with Crippen molar-refractivity contribution >= 4 is 33.7 Å². The predicted octanol–water partition coefficient (Wildman–Crippen LogP) is 3.72. The molecule has 0 fully saturated rings. The van der Waals surface area contributed by atoms with E-state index in [0.717, 1.165) is 22.6 Å². The predicted molar refractivity (Wildman–Crippen MR) is 123 cm³/mol. The van der Waals surface area contributed by atoms with Gasteiger partial charge in [0.2, 0.25) is 5.69 Å². The Bertz CT molecular complexity index is 1170. The number of ether oxygens (including phenoxy) is 1. The summed E-state index contributed by atoms with van der Waals surface area (Å²) in [6, 6.07) is 15.1. The van der Waals surface area contributed by atoms with Crippen LogP contribution in [0.5, 0.6) is 5.75 Å². The largest absolute Gasteiger partial charge is 0.748 e. The summed E-state index contributed by atoms with van der Waals surface area (Å²) in [4.78, 5) is 10.8. The van der Waals surface area contributed by atoms with Gasteiger partial charge in [-0.1, -0.05) is 24.3 Å². The van der Waals surface area contributed by atoms with Gasteiger partial charge in [0, 0.05) is 41.8 Å². The lowest BCUT2D eigenvalue weighted by Crippen LogP contribution is -2.28. The van der Waals surface area contributed by atoms with E-state index in [9.17, 15) is 17.8 Å². The summed E-state index contributed by atoms with van der Waals surface area (Å²) in [7, 11) is -4.29. The van der Waals surface area contributed by atoms with E-state index < -0.39 is 21.3 Å². The van der Waals surface area contributed by atoms with E-state index in [2.05, 4.69) is 5.32 Å². The Morgan fingerprint density at radius 2 is 1.88 bits per heavy atom. The second-order valence-corrected chi connectivity index (χ2v) is 9.42. The third-order valence-electron chi connectivity index (χ3n) is 5.31. The minimum Gasteiger partial charge on any atom is -0.748 e. The maximum absolute atomic E-state index is 11.1. The van der Waals surface area contributed by atoms with Crippen molar-refractivity contribution in [3.05, 3.63) is 78.5 Å². The molecule has 1 aliphatic heterocycles. The number of carbonyl (C=O) groups excluding carboxylic acids is 1. The molecule has 2 aromatic rings. The second-order valence-electron chi connectivity index (χ2n) is 7.90. The van der Waals surface area contributed by atoms with Crippen molar-refractivity contribution in [1.82, 2.24) is 0 Å². The van der Waals surface area contributed by atoms with Gasteiger partial charge in [0.1, 0.15) is 12.3 Å². The minimum absolute atomic E-state index is 0.205. The summed E-state index contributed by atoms with van der Waals surface area (Å²) >= 11 is 0. The standard InChI is InChI=1S/C24H26N2O5S/c1-24(2)21-17-20(31-18-27)12-13-22(21)26(15-8-16-32(28,29)30)23(24)11-6-7-14-25-19-9-4-3-5-10-19/h3-7,9-14,17-18H,8,15-16H2,1-2H3,(H,28,29,30). The molecule has 1 aliphatic rings. The van der Waals surface area contributed by atoms with Crippen molar-refractivity contribution in [2.75, 3.05) is 17.6 Å². The summed E-state index contributed by atoms with van der Waals surface area (Å²) in [5.74, 6) is 0.00911. The van der Waals surface area contributed by atoms with Crippen LogP contribution >= 0.6 is 0 Å². The number of para-hydroxylation sites is 1. The van der Waals surface area contributed by atoms with Crippen molar-refractivity contribution in [2.45, 2.75) is 25.7 Å². The lowest BCUT2D eigenvalue weighted by atomic mass is 9.81. The van der Waals surface area contributed by atoms with Gasteiger partial charge in [-0.3, -0.25) is 4.79 Å². The molecular weight excluding hydrogens is 428 g/mol. The lowest BCUT2D eigenvalue weighted by molar-refractivity contribution is -0.437. The molecule has 0 amide bonds. The van der Waals surface area contributed by atoms with E-state index in [1.807, 2.05) is 85.3 Å². The Morgan fingerprint density at radius 3 is 2.56 bits per heavy atom. The number of anilines is 1. The number of hydrogen-bond acceptors (Lipinski definition) is 6. The molecule has 0 atom stereocenters. The first-order valence-electron chi connectivity index (χ1n) is 10.2. The normalized spacial score (nSPS) is 15.3. The van der Waals surface area contributed by atoms with Gasteiger partial charge in [-0.15, -0.1) is 0 Å². The lowest BCUT2D eigenvalue weighted by Gasteiger charge is -2.15. The van der Waals surface area contributed by atoms with Crippen molar-refractivity contribution in [2.24, 2.45) is 0 Å². The molecule has 0 aromatic heterocycles. The van der Waals surface area contributed by atoms with Gasteiger partial charge in [-0.25, -0.2) is 8.42 Å². The third-order valence-corrected chi connectivity index (χ3v) is 6.10. The smallest absolute Gasteiger partial charge is 0.298 e. The Labute approximate surface area is 188 Å². The average molecular weight is 455 g/mol. The first-order chi connectivity index (χ1) is 15.2. The van der Waals surface area contributed by atoms with Crippen LogP contribution in [0, 0.1) is 0 Å².